The van der Waals surface area contributed by atoms with Crippen LogP contribution in [0.2, 0.25) is 5.02 Å². The van der Waals surface area contributed by atoms with Crippen molar-refractivity contribution in [3.05, 3.63) is 44.9 Å². The Morgan fingerprint density at radius 3 is 2.81 bits per heavy atom. The molecule has 0 amide bonds. The minimum atomic E-state index is 0.314. The summed E-state index contributed by atoms with van der Waals surface area (Å²) in [6.45, 7) is 3.25. The van der Waals surface area contributed by atoms with Crippen molar-refractivity contribution < 1.29 is 0 Å². The second-order valence-corrected chi connectivity index (χ2v) is 7.05. The number of nitrogens with one attached hydrogen (secondary N) is 1. The second kappa shape index (κ2) is 8.97. The lowest BCUT2D eigenvalue weighted by molar-refractivity contribution is 0.540. The third kappa shape index (κ3) is 5.12. The average Bonchev–Trinajstić information content (AvgIpc) is 2.44. The maximum atomic E-state index is 6.30. The van der Waals surface area contributed by atoms with Crippen LogP contribution in [0.5, 0.6) is 0 Å². The number of halogens is 2. The molecule has 1 aliphatic rings. The molecular formula is C18H25BrClN. The summed E-state index contributed by atoms with van der Waals surface area (Å²) in [5.74, 6) is 0. The number of rotatable bonds is 5. The SMILES string of the molecule is CCCNC(/C1=C/CCCCCC1)c1ccc(Br)c(Cl)c1. The van der Waals surface area contributed by atoms with E-state index < -0.39 is 0 Å². The molecule has 0 radical (unpaired) electrons. The summed E-state index contributed by atoms with van der Waals surface area (Å²) >= 11 is 9.78. The molecule has 0 aromatic heterocycles. The zero-order valence-electron chi connectivity index (χ0n) is 12.8. The number of allylic oxidation sites excluding steroid dienone is 1. The molecule has 116 valence electrons. The van der Waals surface area contributed by atoms with Crippen LogP contribution in [0.4, 0.5) is 0 Å². The third-order valence-corrected chi connectivity index (χ3v) is 5.30. The van der Waals surface area contributed by atoms with E-state index in [1.54, 1.807) is 5.57 Å². The Balaban J connectivity index is 2.25. The van der Waals surface area contributed by atoms with Gasteiger partial charge in [0.15, 0.2) is 0 Å². The highest BCUT2D eigenvalue weighted by Crippen LogP contribution is 2.32. The van der Waals surface area contributed by atoms with E-state index in [1.165, 1.54) is 44.1 Å². The Bertz CT molecular complexity index is 484. The van der Waals surface area contributed by atoms with Gasteiger partial charge in [-0.3, -0.25) is 0 Å². The fourth-order valence-corrected chi connectivity index (χ4v) is 3.36. The van der Waals surface area contributed by atoms with Crippen molar-refractivity contribution in [1.29, 1.82) is 0 Å². The number of hydrogen-bond acceptors (Lipinski definition) is 1. The predicted molar refractivity (Wildman–Crippen MR) is 96.0 cm³/mol. The monoisotopic (exact) mass is 369 g/mol. The van der Waals surface area contributed by atoms with Crippen LogP contribution < -0.4 is 5.32 Å². The number of hydrogen-bond donors (Lipinski definition) is 1. The second-order valence-electron chi connectivity index (χ2n) is 5.79. The van der Waals surface area contributed by atoms with Crippen molar-refractivity contribution in [3.63, 3.8) is 0 Å². The van der Waals surface area contributed by atoms with Gasteiger partial charge in [-0.2, -0.15) is 0 Å². The molecule has 0 bridgehead atoms. The molecule has 1 aromatic carbocycles. The minimum absolute atomic E-state index is 0.314. The average molecular weight is 371 g/mol. The summed E-state index contributed by atoms with van der Waals surface area (Å²) in [5.41, 5.74) is 2.82. The van der Waals surface area contributed by atoms with Crippen LogP contribution in [-0.4, -0.2) is 6.54 Å². The molecule has 0 saturated heterocycles. The Morgan fingerprint density at radius 1 is 1.24 bits per heavy atom. The largest absolute Gasteiger partial charge is 0.307 e. The molecule has 1 unspecified atom stereocenters. The quantitative estimate of drug-likeness (QED) is 0.589. The fourth-order valence-electron chi connectivity index (χ4n) is 2.92. The minimum Gasteiger partial charge on any atom is -0.307 e. The molecular weight excluding hydrogens is 346 g/mol. The van der Waals surface area contributed by atoms with Gasteiger partial charge in [0.1, 0.15) is 0 Å². The lowest BCUT2D eigenvalue weighted by atomic mass is 9.91. The van der Waals surface area contributed by atoms with E-state index >= 15 is 0 Å². The Hall–Kier alpha value is -0.310. The van der Waals surface area contributed by atoms with Gasteiger partial charge < -0.3 is 5.32 Å². The van der Waals surface area contributed by atoms with Gasteiger partial charge in [-0.05, 0) is 72.3 Å². The molecule has 21 heavy (non-hydrogen) atoms. The maximum Gasteiger partial charge on any atom is 0.0551 e. The highest BCUT2D eigenvalue weighted by molar-refractivity contribution is 9.10. The van der Waals surface area contributed by atoms with Gasteiger partial charge in [-0.25, -0.2) is 0 Å². The Labute approximate surface area is 142 Å². The maximum absolute atomic E-state index is 6.30. The third-order valence-electron chi connectivity index (χ3n) is 4.07. The zero-order chi connectivity index (χ0) is 15.1. The molecule has 1 aromatic rings. The van der Waals surface area contributed by atoms with Gasteiger partial charge in [-0.15, -0.1) is 0 Å². The fraction of sp³-hybridized carbons (Fsp3) is 0.556. The summed E-state index contributed by atoms with van der Waals surface area (Å²) in [6.07, 6.45) is 11.4. The van der Waals surface area contributed by atoms with E-state index in [9.17, 15) is 0 Å². The van der Waals surface area contributed by atoms with Crippen molar-refractivity contribution >= 4 is 27.5 Å². The van der Waals surface area contributed by atoms with Gasteiger partial charge in [0, 0.05) is 4.47 Å². The van der Waals surface area contributed by atoms with E-state index in [0.717, 1.165) is 22.5 Å². The molecule has 0 spiro atoms. The summed E-state index contributed by atoms with van der Waals surface area (Å²) in [6, 6.07) is 6.65. The van der Waals surface area contributed by atoms with Gasteiger partial charge in [0.25, 0.3) is 0 Å². The molecule has 0 heterocycles. The first-order valence-corrected chi connectivity index (χ1v) is 9.26. The summed E-state index contributed by atoms with van der Waals surface area (Å²) in [5, 5.41) is 4.50. The zero-order valence-corrected chi connectivity index (χ0v) is 15.1. The molecule has 3 heteroatoms. The van der Waals surface area contributed by atoms with E-state index in [4.69, 9.17) is 11.6 Å². The van der Waals surface area contributed by atoms with Crippen molar-refractivity contribution in [3.8, 4) is 0 Å². The van der Waals surface area contributed by atoms with Crippen molar-refractivity contribution in [2.75, 3.05) is 6.54 Å². The first kappa shape index (κ1) is 17.1. The van der Waals surface area contributed by atoms with E-state index in [1.807, 2.05) is 0 Å². The van der Waals surface area contributed by atoms with Gasteiger partial charge in [0.2, 0.25) is 0 Å². The van der Waals surface area contributed by atoms with Crippen LogP contribution in [0.25, 0.3) is 0 Å². The lowest BCUT2D eigenvalue weighted by Gasteiger charge is -2.24. The lowest BCUT2D eigenvalue weighted by Crippen LogP contribution is -2.24. The van der Waals surface area contributed by atoms with Crippen LogP contribution in [-0.2, 0) is 0 Å². The molecule has 1 nitrogen and oxygen atoms in total. The molecule has 1 atom stereocenters. The predicted octanol–water partition coefficient (Wildman–Crippen LogP) is 6.42. The molecule has 2 rings (SSSR count). The van der Waals surface area contributed by atoms with E-state index in [2.05, 4.69) is 52.4 Å². The van der Waals surface area contributed by atoms with Crippen molar-refractivity contribution in [1.82, 2.24) is 5.32 Å². The molecule has 0 fully saturated rings. The van der Waals surface area contributed by atoms with Gasteiger partial charge in [-0.1, -0.05) is 49.1 Å². The summed E-state index contributed by atoms with van der Waals surface area (Å²) in [7, 11) is 0. The van der Waals surface area contributed by atoms with Crippen LogP contribution in [0.15, 0.2) is 34.3 Å². The van der Waals surface area contributed by atoms with E-state index in [-0.39, 0.29) is 0 Å². The van der Waals surface area contributed by atoms with Crippen LogP contribution in [0.3, 0.4) is 0 Å². The van der Waals surface area contributed by atoms with Gasteiger partial charge >= 0.3 is 0 Å². The first-order chi connectivity index (χ1) is 10.2. The Morgan fingerprint density at radius 2 is 2.05 bits per heavy atom. The van der Waals surface area contributed by atoms with Crippen molar-refractivity contribution in [2.45, 2.75) is 57.9 Å². The first-order valence-electron chi connectivity index (χ1n) is 8.09. The molecule has 0 aliphatic heterocycles. The van der Waals surface area contributed by atoms with Crippen LogP contribution in [0, 0.1) is 0 Å². The van der Waals surface area contributed by atoms with E-state index in [0.29, 0.717) is 6.04 Å². The topological polar surface area (TPSA) is 12.0 Å². The van der Waals surface area contributed by atoms with Crippen molar-refractivity contribution in [2.24, 2.45) is 0 Å². The highest BCUT2D eigenvalue weighted by Gasteiger charge is 2.17. The highest BCUT2D eigenvalue weighted by atomic mass is 79.9. The van der Waals surface area contributed by atoms with Gasteiger partial charge in [0.05, 0.1) is 11.1 Å². The number of benzene rings is 1. The standard InChI is InChI=1S/C18H25BrClN/c1-2-12-21-18(14-8-6-4-3-5-7-9-14)15-10-11-16(19)17(20)13-15/h8,10-11,13,18,21H,2-7,9,12H2,1H3/b14-8+. The molecule has 1 aliphatic carbocycles. The summed E-state index contributed by atoms with van der Waals surface area (Å²) in [4.78, 5) is 0. The Kier molecular flexibility index (Phi) is 7.28. The molecule has 1 N–H and O–H groups in total. The summed E-state index contributed by atoms with van der Waals surface area (Å²) < 4.78 is 0.966. The van der Waals surface area contributed by atoms with Crippen LogP contribution in [0.1, 0.15) is 63.5 Å². The van der Waals surface area contributed by atoms with Crippen LogP contribution >= 0.6 is 27.5 Å². The molecule has 0 saturated carbocycles. The normalized spacial score (nSPS) is 20.2. The smallest absolute Gasteiger partial charge is 0.0551 e.